The van der Waals surface area contributed by atoms with E-state index in [1.807, 2.05) is 11.4 Å². The number of ketones is 1. The van der Waals surface area contributed by atoms with E-state index in [4.69, 9.17) is 0 Å². The Morgan fingerprint density at radius 3 is 2.76 bits per heavy atom. The summed E-state index contributed by atoms with van der Waals surface area (Å²) >= 11 is 6.99. The molecule has 0 aliphatic rings. The molecule has 17 heavy (non-hydrogen) atoms. The molecule has 1 nitrogen and oxygen atoms in total. The highest BCUT2D eigenvalue weighted by Crippen LogP contribution is 2.22. The quantitative estimate of drug-likeness (QED) is 0.516. The molecular formula is C12H7BrFIOS. The Hall–Kier alpha value is -0.270. The smallest absolute Gasteiger partial charge is 0.168 e. The maximum atomic E-state index is 12.9. The van der Waals surface area contributed by atoms with E-state index in [0.29, 0.717) is 4.47 Å². The van der Waals surface area contributed by atoms with Crippen molar-refractivity contribution in [1.29, 1.82) is 0 Å². The minimum absolute atomic E-state index is 0.0523. The molecule has 0 bridgehead atoms. The van der Waals surface area contributed by atoms with Gasteiger partial charge in [0, 0.05) is 21.8 Å². The molecule has 0 amide bonds. The Morgan fingerprint density at radius 2 is 2.18 bits per heavy atom. The number of hydrogen-bond donors (Lipinski definition) is 0. The molecule has 0 atom stereocenters. The maximum absolute atomic E-state index is 12.9. The standard InChI is InChI=1S/C12H7BrFIOS/c13-10-5-9(14)2-1-7(10)3-11(16)8-4-12(15)17-6-8/h1-2,4-6H,3H2. The van der Waals surface area contributed by atoms with E-state index in [2.05, 4.69) is 38.5 Å². The maximum Gasteiger partial charge on any atom is 0.168 e. The Kier molecular flexibility index (Phi) is 4.32. The van der Waals surface area contributed by atoms with E-state index in [-0.39, 0.29) is 18.0 Å². The van der Waals surface area contributed by atoms with Crippen LogP contribution in [0.15, 0.2) is 34.1 Å². The van der Waals surface area contributed by atoms with Gasteiger partial charge in [0.25, 0.3) is 0 Å². The summed E-state index contributed by atoms with van der Waals surface area (Å²) in [6.07, 6.45) is 0.285. The van der Waals surface area contributed by atoms with Gasteiger partial charge in [-0.1, -0.05) is 22.0 Å². The van der Waals surface area contributed by atoms with Crippen molar-refractivity contribution in [3.63, 3.8) is 0 Å². The van der Waals surface area contributed by atoms with Crippen molar-refractivity contribution >= 4 is 55.6 Å². The molecule has 0 radical (unpaired) electrons. The third kappa shape index (κ3) is 3.35. The first-order valence-electron chi connectivity index (χ1n) is 4.77. The van der Waals surface area contributed by atoms with Gasteiger partial charge in [-0.15, -0.1) is 11.3 Å². The summed E-state index contributed by atoms with van der Waals surface area (Å²) in [6, 6.07) is 6.24. The number of Topliss-reactive ketones (excluding diaryl/α,β-unsaturated/α-hetero) is 1. The van der Waals surface area contributed by atoms with Gasteiger partial charge in [0.1, 0.15) is 5.82 Å². The highest BCUT2D eigenvalue weighted by molar-refractivity contribution is 14.1. The summed E-state index contributed by atoms with van der Waals surface area (Å²) in [7, 11) is 0. The second-order valence-corrected chi connectivity index (χ2v) is 7.13. The summed E-state index contributed by atoms with van der Waals surface area (Å²) in [5, 5.41) is 1.85. The summed E-state index contributed by atoms with van der Waals surface area (Å²) < 4.78 is 14.6. The molecule has 0 N–H and O–H groups in total. The molecule has 0 aliphatic carbocycles. The van der Waals surface area contributed by atoms with Crippen LogP contribution >= 0.6 is 49.9 Å². The molecule has 0 spiro atoms. The van der Waals surface area contributed by atoms with Crippen molar-refractivity contribution in [3.8, 4) is 0 Å². The Morgan fingerprint density at radius 1 is 1.41 bits per heavy atom. The molecule has 0 aliphatic heterocycles. The zero-order valence-electron chi connectivity index (χ0n) is 8.54. The van der Waals surface area contributed by atoms with Crippen LogP contribution < -0.4 is 0 Å². The van der Waals surface area contributed by atoms with Gasteiger partial charge in [0.05, 0.1) is 2.88 Å². The largest absolute Gasteiger partial charge is 0.294 e. The zero-order valence-corrected chi connectivity index (χ0v) is 13.1. The molecule has 88 valence electrons. The predicted molar refractivity (Wildman–Crippen MR) is 79.2 cm³/mol. The molecule has 0 unspecified atom stereocenters. The van der Waals surface area contributed by atoms with E-state index < -0.39 is 0 Å². The van der Waals surface area contributed by atoms with Crippen molar-refractivity contribution in [2.45, 2.75) is 6.42 Å². The number of halogens is 3. The topological polar surface area (TPSA) is 17.1 Å². The molecule has 2 aromatic rings. The van der Waals surface area contributed by atoms with Gasteiger partial charge in [-0.3, -0.25) is 4.79 Å². The summed E-state index contributed by atoms with van der Waals surface area (Å²) in [6.45, 7) is 0. The molecule has 1 aromatic carbocycles. The average Bonchev–Trinajstić information content (AvgIpc) is 2.69. The van der Waals surface area contributed by atoms with E-state index in [1.165, 1.54) is 12.1 Å². The van der Waals surface area contributed by atoms with Gasteiger partial charge in [0.15, 0.2) is 5.78 Å². The van der Waals surface area contributed by atoms with Crippen molar-refractivity contribution in [3.05, 3.63) is 53.9 Å². The molecule has 0 fully saturated rings. The average molecular weight is 425 g/mol. The first-order valence-corrected chi connectivity index (χ1v) is 7.52. The van der Waals surface area contributed by atoms with E-state index in [0.717, 1.165) is 14.0 Å². The van der Waals surface area contributed by atoms with Crippen LogP contribution in [0, 0.1) is 8.70 Å². The molecule has 1 aromatic heterocycles. The lowest BCUT2D eigenvalue weighted by Crippen LogP contribution is -2.02. The molecule has 2 rings (SSSR count). The summed E-state index contributed by atoms with van der Waals surface area (Å²) in [4.78, 5) is 12.0. The fourth-order valence-electron chi connectivity index (χ4n) is 1.40. The second kappa shape index (κ2) is 5.58. The van der Waals surface area contributed by atoms with E-state index >= 15 is 0 Å². The number of carbonyl (C=O) groups excluding carboxylic acids is 1. The highest BCUT2D eigenvalue weighted by Gasteiger charge is 2.11. The number of thiophene rings is 1. The Labute approximate surface area is 124 Å². The Balaban J connectivity index is 2.18. The first-order chi connectivity index (χ1) is 8.06. The zero-order chi connectivity index (χ0) is 12.4. The van der Waals surface area contributed by atoms with Gasteiger partial charge < -0.3 is 0 Å². The number of carbonyl (C=O) groups is 1. The van der Waals surface area contributed by atoms with Gasteiger partial charge in [-0.2, -0.15) is 0 Å². The summed E-state index contributed by atoms with van der Waals surface area (Å²) in [5.74, 6) is -0.255. The fourth-order valence-corrected chi connectivity index (χ4v) is 3.24. The van der Waals surface area contributed by atoms with Crippen LogP contribution in [0.2, 0.25) is 0 Å². The Bertz CT molecular complexity index is 567. The number of rotatable bonds is 3. The minimum Gasteiger partial charge on any atom is -0.294 e. The van der Waals surface area contributed by atoms with Crippen molar-refractivity contribution in [2.75, 3.05) is 0 Å². The van der Waals surface area contributed by atoms with Gasteiger partial charge in [-0.05, 0) is 46.4 Å². The van der Waals surface area contributed by atoms with E-state index in [9.17, 15) is 9.18 Å². The van der Waals surface area contributed by atoms with Gasteiger partial charge >= 0.3 is 0 Å². The lowest BCUT2D eigenvalue weighted by atomic mass is 10.1. The van der Waals surface area contributed by atoms with Crippen LogP contribution in [0.4, 0.5) is 4.39 Å². The molecule has 0 saturated heterocycles. The lowest BCUT2D eigenvalue weighted by molar-refractivity contribution is 0.0993. The van der Waals surface area contributed by atoms with Crippen molar-refractivity contribution in [1.82, 2.24) is 0 Å². The van der Waals surface area contributed by atoms with E-state index in [1.54, 1.807) is 17.4 Å². The molecular weight excluding hydrogens is 418 g/mol. The monoisotopic (exact) mass is 424 g/mol. The number of hydrogen-bond acceptors (Lipinski definition) is 2. The highest BCUT2D eigenvalue weighted by atomic mass is 127. The van der Waals surface area contributed by atoms with Gasteiger partial charge in [-0.25, -0.2) is 4.39 Å². The predicted octanol–water partition coefficient (Wildman–Crippen LogP) is 4.68. The van der Waals surface area contributed by atoms with Crippen LogP contribution in [-0.2, 0) is 6.42 Å². The molecule has 1 heterocycles. The van der Waals surface area contributed by atoms with Crippen molar-refractivity contribution in [2.24, 2.45) is 0 Å². The SMILES string of the molecule is O=C(Cc1ccc(F)cc1Br)c1csc(I)c1. The third-order valence-corrected chi connectivity index (χ3v) is 4.78. The normalized spacial score (nSPS) is 10.5. The van der Waals surface area contributed by atoms with Crippen LogP contribution in [0.25, 0.3) is 0 Å². The second-order valence-electron chi connectivity index (χ2n) is 3.48. The summed E-state index contributed by atoms with van der Waals surface area (Å²) in [5.41, 5.74) is 1.52. The molecule has 0 saturated carbocycles. The third-order valence-electron chi connectivity index (χ3n) is 2.26. The fraction of sp³-hybridized carbons (Fsp3) is 0.0833. The lowest BCUT2D eigenvalue weighted by Gasteiger charge is -2.02. The van der Waals surface area contributed by atoms with Crippen LogP contribution in [0.5, 0.6) is 0 Å². The first kappa shape index (κ1) is 13.2. The minimum atomic E-state index is -0.307. The van der Waals surface area contributed by atoms with Crippen molar-refractivity contribution < 1.29 is 9.18 Å². The number of benzene rings is 1. The van der Waals surface area contributed by atoms with Crippen LogP contribution in [0.3, 0.4) is 0 Å². The van der Waals surface area contributed by atoms with Crippen LogP contribution in [0.1, 0.15) is 15.9 Å². The van der Waals surface area contributed by atoms with Crippen LogP contribution in [-0.4, -0.2) is 5.78 Å². The molecule has 5 heteroatoms. The van der Waals surface area contributed by atoms with Gasteiger partial charge in [0.2, 0.25) is 0 Å².